The third kappa shape index (κ3) is 2.86. The number of hydrogen-bond acceptors (Lipinski definition) is 4. The summed E-state index contributed by atoms with van der Waals surface area (Å²) in [4.78, 5) is 0.956. The van der Waals surface area contributed by atoms with Gasteiger partial charge in [-0.25, -0.2) is 8.42 Å². The first kappa shape index (κ1) is 15.0. The van der Waals surface area contributed by atoms with Gasteiger partial charge in [0.05, 0.1) is 0 Å². The van der Waals surface area contributed by atoms with Crippen LogP contribution in [0.25, 0.3) is 0 Å². The van der Waals surface area contributed by atoms with E-state index in [1.54, 1.807) is 10.4 Å². The van der Waals surface area contributed by atoms with E-state index in [0.29, 0.717) is 35.7 Å². The number of sulfonamides is 1. The summed E-state index contributed by atoms with van der Waals surface area (Å²) in [6, 6.07) is 1.75. The van der Waals surface area contributed by atoms with Crippen LogP contribution in [0.4, 0.5) is 0 Å². The van der Waals surface area contributed by atoms with Gasteiger partial charge in [0.2, 0.25) is 0 Å². The van der Waals surface area contributed by atoms with Gasteiger partial charge in [-0.05, 0) is 36.8 Å². The van der Waals surface area contributed by atoms with Crippen LogP contribution in [-0.2, 0) is 16.6 Å². The Bertz CT molecular complexity index is 551. The monoisotopic (exact) mass is 302 g/mol. The molecule has 2 rings (SSSR count). The molecule has 0 spiro atoms. The van der Waals surface area contributed by atoms with Gasteiger partial charge in [0, 0.05) is 24.5 Å². The third-order valence-electron chi connectivity index (χ3n) is 4.07. The quantitative estimate of drug-likeness (QED) is 0.931. The van der Waals surface area contributed by atoms with E-state index in [9.17, 15) is 8.42 Å². The van der Waals surface area contributed by atoms with E-state index in [4.69, 9.17) is 5.73 Å². The van der Waals surface area contributed by atoms with E-state index in [1.807, 2.05) is 6.92 Å². The standard InChI is InChI=1S/C13H22N2O2S2/c1-9-4-5-15(8-11(9)3)19(16,17)13-6-10(2)12(7-14)18-13/h6,9,11H,4-5,7-8,14H2,1-3H3. The molecule has 1 saturated heterocycles. The minimum absolute atomic E-state index is 0.402. The molecule has 0 bridgehead atoms. The third-order valence-corrected chi connectivity index (χ3v) is 7.65. The van der Waals surface area contributed by atoms with E-state index in [1.165, 1.54) is 11.3 Å². The summed E-state index contributed by atoms with van der Waals surface area (Å²) >= 11 is 1.31. The molecule has 108 valence electrons. The maximum absolute atomic E-state index is 12.6. The maximum atomic E-state index is 12.6. The van der Waals surface area contributed by atoms with E-state index in [0.717, 1.165) is 16.9 Å². The molecule has 0 aromatic carbocycles. The van der Waals surface area contributed by atoms with E-state index >= 15 is 0 Å². The molecule has 6 heteroatoms. The molecule has 2 atom stereocenters. The maximum Gasteiger partial charge on any atom is 0.252 e. The van der Waals surface area contributed by atoms with Gasteiger partial charge in [0.25, 0.3) is 10.0 Å². The first-order valence-corrected chi connectivity index (χ1v) is 8.91. The van der Waals surface area contributed by atoms with Crippen molar-refractivity contribution in [3.63, 3.8) is 0 Å². The van der Waals surface area contributed by atoms with Crippen LogP contribution in [0.15, 0.2) is 10.3 Å². The zero-order chi connectivity index (χ0) is 14.2. The van der Waals surface area contributed by atoms with Gasteiger partial charge in [0.15, 0.2) is 0 Å². The van der Waals surface area contributed by atoms with Gasteiger partial charge in [-0.1, -0.05) is 13.8 Å². The van der Waals surface area contributed by atoms with Crippen molar-refractivity contribution in [1.29, 1.82) is 0 Å². The lowest BCUT2D eigenvalue weighted by atomic mass is 9.90. The summed E-state index contributed by atoms with van der Waals surface area (Å²) in [6.45, 7) is 7.88. The molecular weight excluding hydrogens is 280 g/mol. The van der Waals surface area contributed by atoms with Crippen LogP contribution in [0, 0.1) is 18.8 Å². The Kier molecular flexibility index (Phi) is 4.35. The molecule has 19 heavy (non-hydrogen) atoms. The normalized spacial score (nSPS) is 25.7. The Morgan fingerprint density at radius 3 is 2.63 bits per heavy atom. The molecule has 0 radical (unpaired) electrons. The number of hydrogen-bond donors (Lipinski definition) is 1. The average molecular weight is 302 g/mol. The molecule has 1 aliphatic heterocycles. The molecule has 1 aliphatic rings. The second kappa shape index (κ2) is 5.52. The fraction of sp³-hybridized carbons (Fsp3) is 0.692. The van der Waals surface area contributed by atoms with Crippen LogP contribution in [0.2, 0.25) is 0 Å². The molecule has 4 nitrogen and oxygen atoms in total. The molecule has 2 unspecified atom stereocenters. The Labute approximate surface area is 119 Å². The van der Waals surface area contributed by atoms with E-state index in [2.05, 4.69) is 13.8 Å². The average Bonchev–Trinajstić information content (AvgIpc) is 2.74. The molecule has 0 aliphatic carbocycles. The number of piperidine rings is 1. The van der Waals surface area contributed by atoms with Crippen molar-refractivity contribution in [1.82, 2.24) is 4.31 Å². The highest BCUT2D eigenvalue weighted by Gasteiger charge is 2.32. The predicted molar refractivity (Wildman–Crippen MR) is 78.7 cm³/mol. The second-order valence-electron chi connectivity index (χ2n) is 5.48. The molecule has 0 saturated carbocycles. The lowest BCUT2D eigenvalue weighted by Gasteiger charge is -2.34. The Hall–Kier alpha value is -0.430. The summed E-state index contributed by atoms with van der Waals surface area (Å²) in [6.07, 6.45) is 0.939. The van der Waals surface area contributed by atoms with Crippen molar-refractivity contribution >= 4 is 21.4 Å². The van der Waals surface area contributed by atoms with Crippen LogP contribution in [0.3, 0.4) is 0 Å². The summed E-state index contributed by atoms with van der Waals surface area (Å²) in [5, 5.41) is 0. The second-order valence-corrected chi connectivity index (χ2v) is 8.78. The fourth-order valence-corrected chi connectivity index (χ4v) is 5.57. The van der Waals surface area contributed by atoms with Gasteiger partial charge in [-0.15, -0.1) is 11.3 Å². The minimum atomic E-state index is -3.33. The van der Waals surface area contributed by atoms with Crippen LogP contribution >= 0.6 is 11.3 Å². The van der Waals surface area contributed by atoms with Crippen molar-refractivity contribution in [2.24, 2.45) is 17.6 Å². The lowest BCUT2D eigenvalue weighted by Crippen LogP contribution is -2.41. The molecule has 2 heterocycles. The van der Waals surface area contributed by atoms with Crippen LogP contribution in [-0.4, -0.2) is 25.8 Å². The smallest absolute Gasteiger partial charge is 0.252 e. The van der Waals surface area contributed by atoms with Gasteiger partial charge in [-0.2, -0.15) is 4.31 Å². The number of nitrogens with zero attached hydrogens (tertiary/aromatic N) is 1. The van der Waals surface area contributed by atoms with Crippen molar-refractivity contribution < 1.29 is 8.42 Å². The highest BCUT2D eigenvalue weighted by molar-refractivity contribution is 7.91. The number of nitrogens with two attached hydrogens (primary N) is 1. The molecule has 1 aromatic rings. The topological polar surface area (TPSA) is 63.4 Å². The number of aryl methyl sites for hydroxylation is 1. The molecule has 1 fully saturated rings. The lowest BCUT2D eigenvalue weighted by molar-refractivity contribution is 0.213. The van der Waals surface area contributed by atoms with E-state index < -0.39 is 10.0 Å². The SMILES string of the molecule is Cc1cc(S(=O)(=O)N2CCC(C)C(C)C2)sc1CN. The Morgan fingerprint density at radius 1 is 1.42 bits per heavy atom. The van der Waals surface area contributed by atoms with Crippen LogP contribution in [0.5, 0.6) is 0 Å². The molecule has 0 amide bonds. The Morgan fingerprint density at radius 2 is 2.11 bits per heavy atom. The fourth-order valence-electron chi connectivity index (χ4n) is 2.39. The minimum Gasteiger partial charge on any atom is -0.326 e. The van der Waals surface area contributed by atoms with Gasteiger partial charge >= 0.3 is 0 Å². The highest BCUT2D eigenvalue weighted by Crippen LogP contribution is 2.32. The summed E-state index contributed by atoms with van der Waals surface area (Å²) in [5.74, 6) is 1.01. The summed E-state index contributed by atoms with van der Waals surface area (Å²) < 4.78 is 27.3. The van der Waals surface area contributed by atoms with Crippen molar-refractivity contribution in [3.05, 3.63) is 16.5 Å². The summed E-state index contributed by atoms with van der Waals surface area (Å²) in [7, 11) is -3.33. The molecule has 2 N–H and O–H groups in total. The first-order valence-electron chi connectivity index (χ1n) is 6.65. The zero-order valence-electron chi connectivity index (χ0n) is 11.7. The highest BCUT2D eigenvalue weighted by atomic mass is 32.2. The van der Waals surface area contributed by atoms with Gasteiger partial charge in [-0.3, -0.25) is 0 Å². The van der Waals surface area contributed by atoms with Crippen molar-refractivity contribution in [2.75, 3.05) is 13.1 Å². The van der Waals surface area contributed by atoms with Crippen molar-refractivity contribution in [3.8, 4) is 0 Å². The van der Waals surface area contributed by atoms with E-state index in [-0.39, 0.29) is 0 Å². The molecule has 1 aromatic heterocycles. The van der Waals surface area contributed by atoms with Crippen LogP contribution < -0.4 is 5.73 Å². The number of rotatable bonds is 3. The van der Waals surface area contributed by atoms with Crippen molar-refractivity contribution in [2.45, 2.75) is 37.9 Å². The largest absolute Gasteiger partial charge is 0.326 e. The first-order chi connectivity index (χ1) is 8.86. The predicted octanol–water partition coefficient (Wildman–Crippen LogP) is 2.18. The molecular formula is C13H22N2O2S2. The van der Waals surface area contributed by atoms with Crippen LogP contribution in [0.1, 0.15) is 30.7 Å². The summed E-state index contributed by atoms with van der Waals surface area (Å²) in [5.41, 5.74) is 6.60. The number of thiophene rings is 1. The van der Waals surface area contributed by atoms with Gasteiger partial charge < -0.3 is 5.73 Å². The zero-order valence-corrected chi connectivity index (χ0v) is 13.4. The van der Waals surface area contributed by atoms with Gasteiger partial charge in [0.1, 0.15) is 4.21 Å². The Balaban J connectivity index is 2.27.